The number of hydrogen-bond donors (Lipinski definition) is 0. The zero-order valence-electron chi connectivity index (χ0n) is 26.1. The summed E-state index contributed by atoms with van der Waals surface area (Å²) in [6.07, 6.45) is -1.49. The molecule has 4 aromatic carbocycles. The van der Waals surface area contributed by atoms with Crippen LogP contribution in [0.15, 0.2) is 97.1 Å². The van der Waals surface area contributed by atoms with E-state index in [0.717, 1.165) is 29.5 Å². The van der Waals surface area contributed by atoms with Gasteiger partial charge in [0, 0.05) is 0 Å². The van der Waals surface area contributed by atoms with Crippen molar-refractivity contribution in [3.05, 3.63) is 97.1 Å². The minimum absolute atomic E-state index is 0.438. The van der Waals surface area contributed by atoms with E-state index >= 15 is 0 Å². The number of carbonyl (C=O) groups excluding carboxylic acids is 2. The summed E-state index contributed by atoms with van der Waals surface area (Å²) in [5.74, 6) is 0.875. The summed E-state index contributed by atoms with van der Waals surface area (Å²) < 4.78 is 24.3. The summed E-state index contributed by atoms with van der Waals surface area (Å²) in [4.78, 5) is 24.9. The van der Waals surface area contributed by atoms with Crippen molar-refractivity contribution in [1.29, 1.82) is 0 Å². The standard InChI is InChI=1S/C34H34O6Te.C2H6/c1-33(2,3)39-31(35)37-29-19-17-25(21-27(29)23-13-9-7-10-14-23)41-26-18-20-30(38-32(36)40-34(4,5)6)28(22-26)24-15-11-8-12-16-24;1-2/h7-22H,1-6H3;1-2H3. The summed E-state index contributed by atoms with van der Waals surface area (Å²) in [6, 6.07) is 31.4. The van der Waals surface area contributed by atoms with Crippen LogP contribution in [-0.4, -0.2) is 44.4 Å². The number of hydrogen-bond acceptors (Lipinski definition) is 6. The van der Waals surface area contributed by atoms with Gasteiger partial charge in [0.2, 0.25) is 0 Å². The quantitative estimate of drug-likeness (QED) is 0.115. The van der Waals surface area contributed by atoms with Gasteiger partial charge in [-0.3, -0.25) is 0 Å². The minimum atomic E-state index is -0.871. The molecule has 6 nitrogen and oxygen atoms in total. The van der Waals surface area contributed by atoms with E-state index in [0.29, 0.717) is 11.5 Å². The van der Waals surface area contributed by atoms with Crippen LogP contribution in [0.1, 0.15) is 55.4 Å². The number of carbonyl (C=O) groups is 2. The monoisotopic (exact) mass is 698 g/mol. The van der Waals surface area contributed by atoms with Crippen LogP contribution in [0, 0.1) is 0 Å². The molecular formula is C36H40O6Te. The molecule has 4 aromatic rings. The maximum absolute atomic E-state index is 12.5. The van der Waals surface area contributed by atoms with Crippen molar-refractivity contribution in [3.63, 3.8) is 0 Å². The van der Waals surface area contributed by atoms with Crippen molar-refractivity contribution >= 4 is 40.5 Å². The fraction of sp³-hybridized carbons (Fsp3) is 0.278. The van der Waals surface area contributed by atoms with Crippen molar-refractivity contribution in [3.8, 4) is 33.8 Å². The van der Waals surface area contributed by atoms with Gasteiger partial charge in [-0.1, -0.05) is 13.8 Å². The molecule has 0 heterocycles. The van der Waals surface area contributed by atoms with Crippen molar-refractivity contribution < 1.29 is 28.5 Å². The summed E-state index contributed by atoms with van der Waals surface area (Å²) in [6.45, 7) is 14.8. The average molecular weight is 696 g/mol. The normalized spacial score (nSPS) is 11.1. The Kier molecular flexibility index (Phi) is 11.8. The molecule has 0 N–H and O–H groups in total. The average Bonchev–Trinajstić information content (AvgIpc) is 2.94. The first kappa shape index (κ1) is 33.7. The second-order valence-electron chi connectivity index (χ2n) is 11.3. The Bertz CT molecular complexity index is 1390. The Hall–Kier alpha value is -3.79. The van der Waals surface area contributed by atoms with Gasteiger partial charge >= 0.3 is 253 Å². The summed E-state index contributed by atoms with van der Waals surface area (Å²) >= 11 is -0.871. The molecule has 0 bridgehead atoms. The molecule has 0 unspecified atom stereocenters. The van der Waals surface area contributed by atoms with Gasteiger partial charge in [0.25, 0.3) is 0 Å². The molecule has 4 rings (SSSR count). The Balaban J connectivity index is 0.00000248. The predicted molar refractivity (Wildman–Crippen MR) is 174 cm³/mol. The van der Waals surface area contributed by atoms with Gasteiger partial charge in [0.15, 0.2) is 0 Å². The third kappa shape index (κ3) is 10.8. The Morgan fingerprint density at radius 2 is 0.884 bits per heavy atom. The van der Waals surface area contributed by atoms with Crippen LogP contribution >= 0.6 is 0 Å². The number of ether oxygens (including phenoxy) is 4. The first-order chi connectivity index (χ1) is 20.4. The van der Waals surface area contributed by atoms with Crippen molar-refractivity contribution in [2.45, 2.75) is 66.6 Å². The molecule has 0 amide bonds. The third-order valence-electron chi connectivity index (χ3n) is 5.47. The molecule has 0 fully saturated rings. The van der Waals surface area contributed by atoms with Gasteiger partial charge in [-0.05, 0) is 0 Å². The van der Waals surface area contributed by atoms with Crippen molar-refractivity contribution in [2.75, 3.05) is 0 Å². The van der Waals surface area contributed by atoms with Crippen LogP contribution in [-0.2, 0) is 9.47 Å². The molecule has 226 valence electrons. The number of rotatable bonds is 6. The van der Waals surface area contributed by atoms with E-state index in [4.69, 9.17) is 18.9 Å². The molecule has 7 heteroatoms. The number of benzene rings is 4. The molecule has 0 aliphatic carbocycles. The van der Waals surface area contributed by atoms with Crippen LogP contribution in [0.5, 0.6) is 11.5 Å². The van der Waals surface area contributed by atoms with Crippen LogP contribution in [0.25, 0.3) is 22.3 Å². The molecule has 0 aliphatic rings. The summed E-state index contributed by atoms with van der Waals surface area (Å²) in [7, 11) is 0. The van der Waals surface area contributed by atoms with Gasteiger partial charge in [-0.25, -0.2) is 0 Å². The first-order valence-electron chi connectivity index (χ1n) is 14.2. The molecule has 0 saturated heterocycles. The van der Waals surface area contributed by atoms with Gasteiger partial charge in [-0.2, -0.15) is 0 Å². The summed E-state index contributed by atoms with van der Waals surface area (Å²) in [5.41, 5.74) is 2.18. The third-order valence-corrected chi connectivity index (χ3v) is 8.27. The molecule has 43 heavy (non-hydrogen) atoms. The van der Waals surface area contributed by atoms with Crippen molar-refractivity contribution in [2.24, 2.45) is 0 Å². The first-order valence-corrected chi connectivity index (χ1v) is 16.6. The topological polar surface area (TPSA) is 71.1 Å². The van der Waals surface area contributed by atoms with Crippen LogP contribution in [0.2, 0.25) is 0 Å². The van der Waals surface area contributed by atoms with Gasteiger partial charge in [-0.15, -0.1) is 0 Å². The van der Waals surface area contributed by atoms with Crippen molar-refractivity contribution in [1.82, 2.24) is 0 Å². The van der Waals surface area contributed by atoms with Crippen LogP contribution in [0.3, 0.4) is 0 Å². The van der Waals surface area contributed by atoms with E-state index in [2.05, 4.69) is 12.1 Å². The predicted octanol–water partition coefficient (Wildman–Crippen LogP) is 8.33. The van der Waals surface area contributed by atoms with Crippen LogP contribution in [0.4, 0.5) is 9.59 Å². The molecule has 0 radical (unpaired) electrons. The molecule has 0 spiro atoms. The molecular weight excluding hydrogens is 656 g/mol. The van der Waals surface area contributed by atoms with E-state index in [1.165, 1.54) is 0 Å². The zero-order valence-corrected chi connectivity index (χ0v) is 28.4. The fourth-order valence-corrected chi connectivity index (χ4v) is 6.43. The van der Waals surface area contributed by atoms with E-state index in [1.807, 2.05) is 98.8 Å². The maximum atomic E-state index is 12.5. The SMILES string of the molecule is CC.CC(C)(C)OC(=O)Oc1ccc([Te]c2ccc(OC(=O)OC(C)(C)C)c(-c3ccccc3)c2)cc1-c1ccccc1. The second-order valence-corrected chi connectivity index (χ2v) is 14.6. The van der Waals surface area contributed by atoms with E-state index in [9.17, 15) is 9.59 Å². The van der Waals surface area contributed by atoms with E-state index in [1.54, 1.807) is 41.5 Å². The second kappa shape index (κ2) is 15.1. The van der Waals surface area contributed by atoms with Gasteiger partial charge in [0.1, 0.15) is 0 Å². The fourth-order valence-electron chi connectivity index (χ4n) is 3.87. The molecule has 0 aliphatic heterocycles. The molecule has 0 saturated carbocycles. The summed E-state index contributed by atoms with van der Waals surface area (Å²) in [5, 5.41) is 0. The van der Waals surface area contributed by atoms with Crippen LogP contribution < -0.4 is 16.7 Å². The zero-order chi connectivity index (χ0) is 31.6. The Morgan fingerprint density at radius 1 is 0.535 bits per heavy atom. The molecule has 0 atom stereocenters. The molecule has 0 aromatic heterocycles. The Morgan fingerprint density at radius 3 is 1.21 bits per heavy atom. The van der Waals surface area contributed by atoms with E-state index in [-0.39, 0.29) is 0 Å². The van der Waals surface area contributed by atoms with Gasteiger partial charge in [0.05, 0.1) is 0 Å². The Labute approximate surface area is 265 Å². The van der Waals surface area contributed by atoms with Gasteiger partial charge < -0.3 is 0 Å². The van der Waals surface area contributed by atoms with E-state index < -0.39 is 44.4 Å².